The van der Waals surface area contributed by atoms with Gasteiger partial charge in [-0.05, 0) is 102 Å². The molecule has 1 heteroatoms. The second-order valence-corrected chi connectivity index (χ2v) is 15.7. The van der Waals surface area contributed by atoms with E-state index in [0.29, 0.717) is 11.3 Å². The Kier molecular flexibility index (Phi) is 6.39. The zero-order valence-corrected chi connectivity index (χ0v) is 31.8. The Morgan fingerprint density at radius 1 is 0.439 bits per heavy atom. The molecule has 0 unspecified atom stereocenters. The highest BCUT2D eigenvalue weighted by atomic mass is 15.1. The molecule has 11 rings (SSSR count). The summed E-state index contributed by atoms with van der Waals surface area (Å²) in [5.74, 6) is 0. The standard InChI is InChI=1S/C56H41N/c1-55(2)49-35-32-42(36-48(49)54-45-26-13-12-20-39(45)30-34-51(54)55)57(53-29-17-15-25-44(53)38-18-6-3-7-19-38)43-31-33-47-46-27-14-16-28-50(46)56(52(47)37-43,40-21-8-4-9-22-40)41-23-10-5-11-24-41/h3-37H,1-2H3/i3D,6D,7D,18D,19D. The average molecular weight is 733 g/mol. The third-order valence-corrected chi connectivity index (χ3v) is 12.4. The van der Waals surface area contributed by atoms with Crippen molar-refractivity contribution >= 4 is 27.8 Å². The van der Waals surface area contributed by atoms with E-state index in [2.05, 4.69) is 176 Å². The van der Waals surface area contributed by atoms with E-state index >= 15 is 0 Å². The highest BCUT2D eigenvalue weighted by Gasteiger charge is 2.46. The van der Waals surface area contributed by atoms with E-state index in [1.54, 1.807) is 0 Å². The molecule has 0 fully saturated rings. The summed E-state index contributed by atoms with van der Waals surface area (Å²) >= 11 is 0. The topological polar surface area (TPSA) is 3.24 Å². The molecule has 0 bridgehead atoms. The summed E-state index contributed by atoms with van der Waals surface area (Å²) in [5.41, 5.74) is 14.1. The zero-order chi connectivity index (χ0) is 42.5. The van der Waals surface area contributed by atoms with Crippen LogP contribution >= 0.6 is 0 Å². The van der Waals surface area contributed by atoms with E-state index in [0.717, 1.165) is 39.2 Å². The molecule has 9 aromatic rings. The lowest BCUT2D eigenvalue weighted by Gasteiger charge is -2.35. The molecule has 0 aliphatic heterocycles. The van der Waals surface area contributed by atoms with E-state index in [-0.39, 0.29) is 35.1 Å². The van der Waals surface area contributed by atoms with E-state index in [4.69, 9.17) is 6.85 Å². The van der Waals surface area contributed by atoms with Crippen molar-refractivity contribution in [2.24, 2.45) is 0 Å². The summed E-state index contributed by atoms with van der Waals surface area (Å²) in [6.45, 7) is 4.59. The van der Waals surface area contributed by atoms with Crippen LogP contribution in [0.2, 0.25) is 0 Å². The maximum atomic E-state index is 9.15. The van der Waals surface area contributed by atoms with Crippen molar-refractivity contribution in [1.29, 1.82) is 0 Å². The lowest BCUT2D eigenvalue weighted by atomic mass is 9.67. The molecular formula is C56H41N. The Hall–Kier alpha value is -6.96. The Bertz CT molecular complexity index is 3210. The molecule has 0 spiro atoms. The number of benzene rings is 9. The molecule has 9 aromatic carbocycles. The van der Waals surface area contributed by atoms with Gasteiger partial charge in [0.25, 0.3) is 0 Å². The molecule has 0 amide bonds. The number of fused-ring (bicyclic) bond motifs is 8. The molecule has 0 atom stereocenters. The number of rotatable bonds is 6. The van der Waals surface area contributed by atoms with Gasteiger partial charge in [0.15, 0.2) is 0 Å². The summed E-state index contributed by atoms with van der Waals surface area (Å²) in [6.07, 6.45) is 0. The molecule has 0 aromatic heterocycles. The first-order valence-corrected chi connectivity index (χ1v) is 19.6. The smallest absolute Gasteiger partial charge is 0.0714 e. The van der Waals surface area contributed by atoms with Crippen molar-refractivity contribution in [2.75, 3.05) is 4.90 Å². The summed E-state index contributed by atoms with van der Waals surface area (Å²) < 4.78 is 44.1. The first-order valence-electron chi connectivity index (χ1n) is 22.1. The lowest BCUT2D eigenvalue weighted by molar-refractivity contribution is 0.661. The van der Waals surface area contributed by atoms with Gasteiger partial charge in [0, 0.05) is 22.4 Å². The van der Waals surface area contributed by atoms with Gasteiger partial charge >= 0.3 is 0 Å². The van der Waals surface area contributed by atoms with Gasteiger partial charge in [0.1, 0.15) is 0 Å². The van der Waals surface area contributed by atoms with Crippen LogP contribution in [-0.4, -0.2) is 0 Å². The molecule has 57 heavy (non-hydrogen) atoms. The molecule has 2 aliphatic carbocycles. The molecule has 0 saturated heterocycles. The fourth-order valence-electron chi connectivity index (χ4n) is 9.91. The Balaban J connectivity index is 1.23. The Morgan fingerprint density at radius 2 is 1.04 bits per heavy atom. The quantitative estimate of drug-likeness (QED) is 0.165. The van der Waals surface area contributed by atoms with Crippen LogP contribution in [0.3, 0.4) is 0 Å². The summed E-state index contributed by atoms with van der Waals surface area (Å²) in [6, 6.07) is 62.8. The van der Waals surface area contributed by atoms with Crippen molar-refractivity contribution in [2.45, 2.75) is 24.7 Å². The molecule has 1 nitrogen and oxygen atoms in total. The molecule has 0 heterocycles. The van der Waals surface area contributed by atoms with Crippen molar-refractivity contribution in [3.63, 3.8) is 0 Å². The van der Waals surface area contributed by atoms with Crippen LogP contribution in [0, 0.1) is 0 Å². The van der Waals surface area contributed by atoms with Crippen molar-refractivity contribution in [3.05, 3.63) is 246 Å². The predicted molar refractivity (Wildman–Crippen MR) is 239 cm³/mol. The molecule has 2 aliphatic rings. The molecule has 0 saturated carbocycles. The van der Waals surface area contributed by atoms with Crippen LogP contribution in [0.1, 0.15) is 54.1 Å². The third-order valence-electron chi connectivity index (χ3n) is 12.4. The molecule has 0 radical (unpaired) electrons. The van der Waals surface area contributed by atoms with Gasteiger partial charge in [0.2, 0.25) is 0 Å². The molecule has 270 valence electrons. The first kappa shape index (κ1) is 28.4. The second kappa shape index (κ2) is 12.8. The highest BCUT2D eigenvalue weighted by molar-refractivity contribution is 6.03. The van der Waals surface area contributed by atoms with E-state index in [1.165, 1.54) is 38.6 Å². The minimum absolute atomic E-state index is 0.159. The minimum Gasteiger partial charge on any atom is -0.310 e. The average Bonchev–Trinajstić information content (AvgIpc) is 3.74. The maximum Gasteiger partial charge on any atom is 0.0714 e. The zero-order valence-electron chi connectivity index (χ0n) is 36.8. The fraction of sp³-hybridized carbons (Fsp3) is 0.0714. The van der Waals surface area contributed by atoms with E-state index < -0.39 is 11.5 Å². The van der Waals surface area contributed by atoms with Crippen LogP contribution < -0.4 is 4.90 Å². The lowest BCUT2D eigenvalue weighted by Crippen LogP contribution is -2.28. The van der Waals surface area contributed by atoms with E-state index in [1.807, 2.05) is 24.3 Å². The van der Waals surface area contributed by atoms with Crippen LogP contribution in [0.5, 0.6) is 0 Å². The Morgan fingerprint density at radius 3 is 1.81 bits per heavy atom. The van der Waals surface area contributed by atoms with Crippen LogP contribution in [0.4, 0.5) is 17.1 Å². The number of nitrogens with zero attached hydrogens (tertiary/aromatic N) is 1. The normalized spacial score (nSPS) is 15.3. The largest absolute Gasteiger partial charge is 0.310 e. The van der Waals surface area contributed by atoms with Crippen LogP contribution in [0.15, 0.2) is 212 Å². The highest BCUT2D eigenvalue weighted by Crippen LogP contribution is 2.58. The minimum atomic E-state index is -0.650. The van der Waals surface area contributed by atoms with Gasteiger partial charge in [-0.15, -0.1) is 0 Å². The SMILES string of the molecule is [2H]c1c([2H])c([2H])c(-c2ccccc2N(c2ccc3c(c2)-c2c(ccc4ccccc24)C3(C)C)c2ccc3c(c2)C(c2ccccc2)(c2ccccc2)c2ccccc2-3)c([2H])c1[2H]. The number of hydrogen-bond donors (Lipinski definition) is 0. The van der Waals surface area contributed by atoms with Crippen LogP contribution in [-0.2, 0) is 10.8 Å². The summed E-state index contributed by atoms with van der Waals surface area (Å²) in [5, 5.41) is 2.38. The fourth-order valence-corrected chi connectivity index (χ4v) is 9.91. The number of hydrogen-bond acceptors (Lipinski definition) is 1. The van der Waals surface area contributed by atoms with Crippen molar-refractivity contribution < 1.29 is 6.85 Å². The predicted octanol–water partition coefficient (Wildman–Crippen LogP) is 14.6. The van der Waals surface area contributed by atoms with Crippen molar-refractivity contribution in [1.82, 2.24) is 0 Å². The first-order chi connectivity index (χ1) is 30.1. The summed E-state index contributed by atoms with van der Waals surface area (Å²) in [7, 11) is 0. The monoisotopic (exact) mass is 732 g/mol. The van der Waals surface area contributed by atoms with Gasteiger partial charge in [-0.1, -0.05) is 196 Å². The van der Waals surface area contributed by atoms with Gasteiger partial charge < -0.3 is 4.90 Å². The maximum absolute atomic E-state index is 9.15. The van der Waals surface area contributed by atoms with Crippen molar-refractivity contribution in [3.8, 4) is 33.4 Å². The summed E-state index contributed by atoms with van der Waals surface area (Å²) in [4.78, 5) is 2.22. The Labute approximate surface area is 342 Å². The van der Waals surface area contributed by atoms with Crippen LogP contribution in [0.25, 0.3) is 44.2 Å². The van der Waals surface area contributed by atoms with Gasteiger partial charge in [-0.25, -0.2) is 0 Å². The second-order valence-electron chi connectivity index (χ2n) is 15.7. The molecule has 0 N–H and O–H groups in total. The van der Waals surface area contributed by atoms with E-state index in [9.17, 15) is 0 Å². The number of para-hydroxylation sites is 1. The number of anilines is 3. The van der Waals surface area contributed by atoms with Gasteiger partial charge in [-0.2, -0.15) is 0 Å². The van der Waals surface area contributed by atoms with Gasteiger partial charge in [0.05, 0.1) is 18.0 Å². The van der Waals surface area contributed by atoms with Gasteiger partial charge in [-0.3, -0.25) is 0 Å². The third kappa shape index (κ3) is 4.89. The molecular weight excluding hydrogens is 687 g/mol.